The Bertz CT molecular complexity index is 296. The number of rotatable bonds is 7. The predicted octanol–water partition coefficient (Wildman–Crippen LogP) is 1.07. The van der Waals surface area contributed by atoms with Crippen LogP contribution < -0.4 is 5.32 Å². The van der Waals surface area contributed by atoms with Gasteiger partial charge in [0.2, 0.25) is 0 Å². The Balaban J connectivity index is 4.42. The van der Waals surface area contributed by atoms with Crippen molar-refractivity contribution in [3.63, 3.8) is 0 Å². The van der Waals surface area contributed by atoms with E-state index in [1.807, 2.05) is 0 Å². The molecule has 0 bridgehead atoms. The lowest BCUT2D eigenvalue weighted by atomic mass is 10.0. The van der Waals surface area contributed by atoms with Gasteiger partial charge < -0.3 is 10.1 Å². The number of ether oxygens (including phenoxy) is 1. The summed E-state index contributed by atoms with van der Waals surface area (Å²) < 4.78 is 27.4. The molecule has 1 N–H and O–H groups in total. The van der Waals surface area contributed by atoms with Gasteiger partial charge in [0, 0.05) is 26.0 Å². The van der Waals surface area contributed by atoms with E-state index < -0.39 is 14.6 Å². The standard InChI is InChI=1S/C11H25NO3S/c1-9(2)10(7-15-5)12-8-11(3,4)16(6,13)14/h9-10,12H,7-8H2,1-6H3. The van der Waals surface area contributed by atoms with E-state index in [-0.39, 0.29) is 6.04 Å². The third-order valence-electron chi connectivity index (χ3n) is 2.94. The summed E-state index contributed by atoms with van der Waals surface area (Å²) >= 11 is 0. The van der Waals surface area contributed by atoms with E-state index in [0.29, 0.717) is 19.1 Å². The average molecular weight is 251 g/mol. The average Bonchev–Trinajstić information content (AvgIpc) is 2.09. The van der Waals surface area contributed by atoms with Gasteiger partial charge in [-0.25, -0.2) is 8.42 Å². The first-order valence-corrected chi connectivity index (χ1v) is 7.43. The molecule has 0 fully saturated rings. The fourth-order valence-electron chi connectivity index (χ4n) is 1.17. The maximum absolute atomic E-state index is 11.5. The number of hydrogen-bond acceptors (Lipinski definition) is 4. The largest absolute Gasteiger partial charge is 0.383 e. The summed E-state index contributed by atoms with van der Waals surface area (Å²) in [6.07, 6.45) is 1.27. The SMILES string of the molecule is COCC(NCC(C)(C)S(C)(=O)=O)C(C)C. The number of methoxy groups -OCH3 is 1. The topological polar surface area (TPSA) is 55.4 Å². The van der Waals surface area contributed by atoms with Gasteiger partial charge >= 0.3 is 0 Å². The van der Waals surface area contributed by atoms with Crippen LogP contribution in [0.2, 0.25) is 0 Å². The van der Waals surface area contributed by atoms with Crippen LogP contribution >= 0.6 is 0 Å². The number of sulfone groups is 1. The maximum Gasteiger partial charge on any atom is 0.153 e. The fourth-order valence-corrected chi connectivity index (χ4v) is 1.52. The van der Waals surface area contributed by atoms with Crippen LogP contribution in [0.3, 0.4) is 0 Å². The van der Waals surface area contributed by atoms with Gasteiger partial charge in [-0.15, -0.1) is 0 Å². The van der Waals surface area contributed by atoms with Gasteiger partial charge in [0.05, 0.1) is 11.4 Å². The van der Waals surface area contributed by atoms with Crippen molar-refractivity contribution in [3.8, 4) is 0 Å². The molecule has 4 nitrogen and oxygen atoms in total. The van der Waals surface area contributed by atoms with E-state index in [4.69, 9.17) is 4.74 Å². The molecule has 0 saturated carbocycles. The number of hydrogen-bond donors (Lipinski definition) is 1. The van der Waals surface area contributed by atoms with Crippen LogP contribution in [0.15, 0.2) is 0 Å². The minimum atomic E-state index is -3.04. The second-order valence-electron chi connectivity index (χ2n) is 5.22. The van der Waals surface area contributed by atoms with Gasteiger partial charge in [-0.1, -0.05) is 13.8 Å². The van der Waals surface area contributed by atoms with Crippen molar-refractivity contribution in [1.29, 1.82) is 0 Å². The second-order valence-corrected chi connectivity index (χ2v) is 7.87. The molecule has 16 heavy (non-hydrogen) atoms. The molecular weight excluding hydrogens is 226 g/mol. The van der Waals surface area contributed by atoms with Crippen molar-refractivity contribution in [2.24, 2.45) is 5.92 Å². The van der Waals surface area contributed by atoms with Gasteiger partial charge in [0.1, 0.15) is 0 Å². The molecule has 0 aliphatic rings. The molecule has 0 radical (unpaired) electrons. The van der Waals surface area contributed by atoms with Crippen molar-refractivity contribution in [2.75, 3.05) is 26.5 Å². The van der Waals surface area contributed by atoms with Crippen LogP contribution in [0.4, 0.5) is 0 Å². The summed E-state index contributed by atoms with van der Waals surface area (Å²) in [5.74, 6) is 0.412. The van der Waals surface area contributed by atoms with E-state index in [0.717, 1.165) is 0 Å². The first-order chi connectivity index (χ1) is 7.12. The Morgan fingerprint density at radius 2 is 1.81 bits per heavy atom. The summed E-state index contributed by atoms with van der Waals surface area (Å²) in [6, 6.07) is 0.186. The summed E-state index contributed by atoms with van der Waals surface area (Å²) in [5, 5.41) is 3.26. The molecule has 1 unspecified atom stereocenters. The van der Waals surface area contributed by atoms with E-state index >= 15 is 0 Å². The molecule has 0 aromatic carbocycles. The first-order valence-electron chi connectivity index (χ1n) is 5.53. The van der Waals surface area contributed by atoms with Crippen LogP contribution in [0, 0.1) is 5.92 Å². The van der Waals surface area contributed by atoms with Crippen LogP contribution in [0.1, 0.15) is 27.7 Å². The van der Waals surface area contributed by atoms with Crippen LogP contribution in [-0.2, 0) is 14.6 Å². The van der Waals surface area contributed by atoms with Crippen molar-refractivity contribution >= 4 is 9.84 Å². The molecule has 0 aliphatic carbocycles. The molecule has 0 rings (SSSR count). The van der Waals surface area contributed by atoms with Crippen LogP contribution in [-0.4, -0.2) is 45.7 Å². The Morgan fingerprint density at radius 1 is 1.31 bits per heavy atom. The van der Waals surface area contributed by atoms with Gasteiger partial charge in [0.15, 0.2) is 9.84 Å². The Morgan fingerprint density at radius 3 is 2.12 bits per heavy atom. The third kappa shape index (κ3) is 4.80. The summed E-state index contributed by atoms with van der Waals surface area (Å²) in [5.41, 5.74) is 0. The zero-order valence-electron chi connectivity index (χ0n) is 11.2. The summed E-state index contributed by atoms with van der Waals surface area (Å²) in [7, 11) is -1.39. The van der Waals surface area contributed by atoms with Gasteiger partial charge in [0.25, 0.3) is 0 Å². The smallest absolute Gasteiger partial charge is 0.153 e. The minimum Gasteiger partial charge on any atom is -0.383 e. The lowest BCUT2D eigenvalue weighted by Crippen LogP contribution is -2.48. The highest BCUT2D eigenvalue weighted by Gasteiger charge is 2.30. The lowest BCUT2D eigenvalue weighted by molar-refractivity contribution is 0.146. The molecule has 0 saturated heterocycles. The van der Waals surface area contributed by atoms with Crippen molar-refractivity contribution in [1.82, 2.24) is 5.32 Å². The molecule has 0 aromatic rings. The molecule has 0 heterocycles. The Hall–Kier alpha value is -0.130. The monoisotopic (exact) mass is 251 g/mol. The first kappa shape index (κ1) is 15.9. The molecule has 98 valence electrons. The Kier molecular flexibility index (Phi) is 5.93. The molecule has 0 aliphatic heterocycles. The minimum absolute atomic E-state index is 0.186. The quantitative estimate of drug-likeness (QED) is 0.735. The van der Waals surface area contributed by atoms with Gasteiger partial charge in [-0.3, -0.25) is 0 Å². The van der Waals surface area contributed by atoms with Gasteiger partial charge in [-0.2, -0.15) is 0 Å². The molecule has 0 aromatic heterocycles. The van der Waals surface area contributed by atoms with E-state index in [2.05, 4.69) is 19.2 Å². The van der Waals surface area contributed by atoms with E-state index in [1.54, 1.807) is 21.0 Å². The highest BCUT2D eigenvalue weighted by Crippen LogP contribution is 2.14. The van der Waals surface area contributed by atoms with Crippen LogP contribution in [0.25, 0.3) is 0 Å². The Labute approximate surface area is 99.7 Å². The second kappa shape index (κ2) is 5.98. The predicted molar refractivity (Wildman–Crippen MR) is 67.4 cm³/mol. The maximum atomic E-state index is 11.5. The molecule has 1 atom stereocenters. The summed E-state index contributed by atoms with van der Waals surface area (Å²) in [4.78, 5) is 0. The third-order valence-corrected chi connectivity index (χ3v) is 5.10. The van der Waals surface area contributed by atoms with E-state index in [1.165, 1.54) is 6.26 Å². The highest BCUT2D eigenvalue weighted by atomic mass is 32.2. The summed E-state index contributed by atoms with van der Waals surface area (Å²) in [6.45, 7) is 8.68. The molecule has 0 spiro atoms. The van der Waals surface area contributed by atoms with E-state index in [9.17, 15) is 8.42 Å². The molecule has 0 amide bonds. The van der Waals surface area contributed by atoms with Crippen molar-refractivity contribution in [2.45, 2.75) is 38.5 Å². The molecular formula is C11H25NO3S. The number of nitrogens with one attached hydrogen (secondary N) is 1. The van der Waals surface area contributed by atoms with Crippen LogP contribution in [0.5, 0.6) is 0 Å². The normalized spacial score (nSPS) is 15.4. The van der Waals surface area contributed by atoms with Crippen molar-refractivity contribution in [3.05, 3.63) is 0 Å². The highest BCUT2D eigenvalue weighted by molar-refractivity contribution is 7.92. The molecule has 5 heteroatoms. The van der Waals surface area contributed by atoms with Crippen molar-refractivity contribution < 1.29 is 13.2 Å². The fraction of sp³-hybridized carbons (Fsp3) is 1.00. The lowest BCUT2D eigenvalue weighted by Gasteiger charge is -2.28. The van der Waals surface area contributed by atoms with Gasteiger partial charge in [-0.05, 0) is 19.8 Å². The zero-order valence-corrected chi connectivity index (χ0v) is 12.0. The zero-order chi connectivity index (χ0) is 13.0.